The van der Waals surface area contributed by atoms with E-state index in [1.165, 1.54) is 13.8 Å². The summed E-state index contributed by atoms with van der Waals surface area (Å²) in [5.41, 5.74) is 0. The van der Waals surface area contributed by atoms with Gasteiger partial charge in [-0.25, -0.2) is 0 Å². The van der Waals surface area contributed by atoms with Crippen molar-refractivity contribution in [3.63, 3.8) is 0 Å². The van der Waals surface area contributed by atoms with Gasteiger partial charge in [-0.2, -0.15) is 0 Å². The standard InChI is InChI=1S/C11H18O6/c1-4-11(14)17-7-10(5-15-8(2)12)6-16-9(3)13/h10H,4-7H2,1-3H3. The second-order valence-electron chi connectivity index (χ2n) is 3.51. The maximum Gasteiger partial charge on any atom is 0.305 e. The summed E-state index contributed by atoms with van der Waals surface area (Å²) in [6.07, 6.45) is 0.272. The van der Waals surface area contributed by atoms with E-state index in [-0.39, 0.29) is 38.1 Å². The van der Waals surface area contributed by atoms with Gasteiger partial charge < -0.3 is 14.2 Å². The Hall–Kier alpha value is -1.59. The number of hydrogen-bond acceptors (Lipinski definition) is 6. The van der Waals surface area contributed by atoms with E-state index >= 15 is 0 Å². The lowest BCUT2D eigenvalue weighted by atomic mass is 10.2. The van der Waals surface area contributed by atoms with Gasteiger partial charge in [0.25, 0.3) is 0 Å². The molecule has 6 heteroatoms. The van der Waals surface area contributed by atoms with Crippen LogP contribution in [0.4, 0.5) is 0 Å². The van der Waals surface area contributed by atoms with Crippen molar-refractivity contribution in [1.82, 2.24) is 0 Å². The summed E-state index contributed by atoms with van der Waals surface area (Å²) < 4.78 is 14.5. The first-order valence-corrected chi connectivity index (χ1v) is 5.38. The summed E-state index contributed by atoms with van der Waals surface area (Å²) in [4.78, 5) is 32.2. The zero-order valence-corrected chi connectivity index (χ0v) is 10.4. The third-order valence-electron chi connectivity index (χ3n) is 1.81. The van der Waals surface area contributed by atoms with Crippen LogP contribution >= 0.6 is 0 Å². The molecule has 0 fully saturated rings. The fraction of sp³-hybridized carbons (Fsp3) is 0.727. The lowest BCUT2D eigenvalue weighted by Gasteiger charge is -2.16. The number of carbonyl (C=O) groups excluding carboxylic acids is 3. The predicted octanol–water partition coefficient (Wildman–Crippen LogP) is 0.682. The normalized spacial score (nSPS) is 9.88. The maximum absolute atomic E-state index is 11.0. The Balaban J connectivity index is 4.04. The van der Waals surface area contributed by atoms with Gasteiger partial charge in [0.05, 0.1) is 5.92 Å². The molecule has 0 rings (SSSR count). The topological polar surface area (TPSA) is 78.9 Å². The summed E-state index contributed by atoms with van der Waals surface area (Å²) in [7, 11) is 0. The molecule has 6 nitrogen and oxygen atoms in total. The van der Waals surface area contributed by atoms with Crippen molar-refractivity contribution in [2.24, 2.45) is 5.92 Å². The first-order chi connectivity index (χ1) is 7.95. The molecule has 0 saturated heterocycles. The van der Waals surface area contributed by atoms with Crippen LogP contribution in [0.5, 0.6) is 0 Å². The molecule has 0 aliphatic rings. The molecule has 0 aliphatic heterocycles. The van der Waals surface area contributed by atoms with Gasteiger partial charge in [0.1, 0.15) is 19.8 Å². The van der Waals surface area contributed by atoms with E-state index < -0.39 is 11.9 Å². The highest BCUT2D eigenvalue weighted by Crippen LogP contribution is 2.02. The van der Waals surface area contributed by atoms with Gasteiger partial charge in [-0.1, -0.05) is 6.92 Å². The summed E-state index contributed by atoms with van der Waals surface area (Å²) in [5.74, 6) is -1.54. The molecule has 0 aliphatic carbocycles. The third-order valence-corrected chi connectivity index (χ3v) is 1.81. The second-order valence-corrected chi connectivity index (χ2v) is 3.51. The summed E-state index contributed by atoms with van der Waals surface area (Å²) in [6, 6.07) is 0. The largest absolute Gasteiger partial charge is 0.465 e. The second kappa shape index (κ2) is 8.55. The molecule has 0 radical (unpaired) electrons. The summed E-state index contributed by atoms with van der Waals surface area (Å²) in [6.45, 7) is 4.41. The molecule has 0 bridgehead atoms. The monoisotopic (exact) mass is 246 g/mol. The van der Waals surface area contributed by atoms with E-state index in [2.05, 4.69) is 0 Å². The lowest BCUT2D eigenvalue weighted by molar-refractivity contribution is -0.151. The van der Waals surface area contributed by atoms with Gasteiger partial charge in [-0.3, -0.25) is 14.4 Å². The van der Waals surface area contributed by atoms with Gasteiger partial charge in [-0.15, -0.1) is 0 Å². The first kappa shape index (κ1) is 15.4. The number of ether oxygens (including phenoxy) is 3. The highest BCUT2D eigenvalue weighted by atomic mass is 16.6. The van der Waals surface area contributed by atoms with Gasteiger partial charge >= 0.3 is 17.9 Å². The number of rotatable bonds is 7. The molecule has 0 spiro atoms. The third kappa shape index (κ3) is 9.35. The van der Waals surface area contributed by atoms with Gasteiger partial charge in [0.2, 0.25) is 0 Å². The van der Waals surface area contributed by atoms with Crippen molar-refractivity contribution in [2.75, 3.05) is 19.8 Å². The molecule has 0 heterocycles. The zero-order chi connectivity index (χ0) is 13.3. The summed E-state index contributed by atoms with van der Waals surface area (Å²) >= 11 is 0. The van der Waals surface area contributed by atoms with E-state index in [1.807, 2.05) is 0 Å². The van der Waals surface area contributed by atoms with Crippen LogP contribution in [0.2, 0.25) is 0 Å². The van der Waals surface area contributed by atoms with Crippen LogP contribution in [-0.4, -0.2) is 37.7 Å². The summed E-state index contributed by atoms with van der Waals surface area (Å²) in [5, 5.41) is 0. The van der Waals surface area contributed by atoms with Gasteiger partial charge in [-0.05, 0) is 0 Å². The minimum Gasteiger partial charge on any atom is -0.465 e. The van der Waals surface area contributed by atoms with Crippen LogP contribution in [0.1, 0.15) is 27.2 Å². The average molecular weight is 246 g/mol. The van der Waals surface area contributed by atoms with Crippen LogP contribution in [0, 0.1) is 5.92 Å². The van der Waals surface area contributed by atoms with E-state index in [0.717, 1.165) is 0 Å². The molecule has 98 valence electrons. The van der Waals surface area contributed by atoms with Crippen molar-refractivity contribution in [1.29, 1.82) is 0 Å². The molecule has 0 aromatic heterocycles. The molecule has 17 heavy (non-hydrogen) atoms. The fourth-order valence-electron chi connectivity index (χ4n) is 0.928. The molecule has 0 atom stereocenters. The predicted molar refractivity (Wildman–Crippen MR) is 58.0 cm³/mol. The molecule has 0 aromatic rings. The Labute approximate surface area is 100 Å². The SMILES string of the molecule is CCC(=O)OCC(COC(C)=O)COC(C)=O. The zero-order valence-electron chi connectivity index (χ0n) is 10.4. The molecule has 0 amide bonds. The van der Waals surface area contributed by atoms with Crippen LogP contribution in [0.3, 0.4) is 0 Å². The van der Waals surface area contributed by atoms with E-state index in [9.17, 15) is 14.4 Å². The Bertz CT molecular complexity index is 255. The van der Waals surface area contributed by atoms with Gasteiger partial charge in [0.15, 0.2) is 0 Å². The smallest absolute Gasteiger partial charge is 0.305 e. The Morgan fingerprint density at radius 3 is 1.65 bits per heavy atom. The molecular weight excluding hydrogens is 228 g/mol. The minimum absolute atomic E-state index is 0.0552. The Morgan fingerprint density at radius 1 is 0.882 bits per heavy atom. The van der Waals surface area contributed by atoms with Crippen molar-refractivity contribution in [3.05, 3.63) is 0 Å². The van der Waals surface area contributed by atoms with E-state index in [4.69, 9.17) is 14.2 Å². The minimum atomic E-state index is -0.431. The van der Waals surface area contributed by atoms with Crippen LogP contribution in [0.25, 0.3) is 0 Å². The first-order valence-electron chi connectivity index (χ1n) is 5.38. The van der Waals surface area contributed by atoms with Crippen molar-refractivity contribution in [3.8, 4) is 0 Å². The van der Waals surface area contributed by atoms with Crippen LogP contribution in [-0.2, 0) is 28.6 Å². The molecule has 0 saturated carbocycles. The van der Waals surface area contributed by atoms with Crippen LogP contribution < -0.4 is 0 Å². The highest BCUT2D eigenvalue weighted by molar-refractivity contribution is 5.69. The number of carbonyl (C=O) groups is 3. The molecule has 0 aromatic carbocycles. The quantitative estimate of drug-likeness (QED) is 0.485. The Kier molecular flexibility index (Phi) is 7.75. The van der Waals surface area contributed by atoms with Crippen molar-refractivity contribution < 1.29 is 28.6 Å². The van der Waals surface area contributed by atoms with Crippen LogP contribution in [0.15, 0.2) is 0 Å². The van der Waals surface area contributed by atoms with E-state index in [0.29, 0.717) is 0 Å². The number of esters is 3. The Morgan fingerprint density at radius 2 is 1.29 bits per heavy atom. The van der Waals surface area contributed by atoms with E-state index in [1.54, 1.807) is 6.92 Å². The molecule has 0 N–H and O–H groups in total. The molecule has 0 unspecified atom stereocenters. The lowest BCUT2D eigenvalue weighted by Crippen LogP contribution is -2.25. The number of hydrogen-bond donors (Lipinski definition) is 0. The molecular formula is C11H18O6. The van der Waals surface area contributed by atoms with Crippen molar-refractivity contribution >= 4 is 17.9 Å². The average Bonchev–Trinajstić information content (AvgIpc) is 2.26. The fourth-order valence-corrected chi connectivity index (χ4v) is 0.928. The van der Waals surface area contributed by atoms with Gasteiger partial charge in [0, 0.05) is 20.3 Å². The highest BCUT2D eigenvalue weighted by Gasteiger charge is 2.15. The maximum atomic E-state index is 11.0. The van der Waals surface area contributed by atoms with Crippen molar-refractivity contribution in [2.45, 2.75) is 27.2 Å².